The lowest BCUT2D eigenvalue weighted by Crippen LogP contribution is -2.28. The second-order valence-electron chi connectivity index (χ2n) is 3.58. The third kappa shape index (κ3) is 4.34. The zero-order valence-corrected chi connectivity index (χ0v) is 10.5. The molecule has 94 valence electrons. The summed E-state index contributed by atoms with van der Waals surface area (Å²) < 4.78 is 10.2. The number of anilines is 1. The first-order valence-electron chi connectivity index (χ1n) is 5.83. The lowest BCUT2D eigenvalue weighted by molar-refractivity contribution is -0.143. The van der Waals surface area contributed by atoms with Crippen LogP contribution in [0.5, 0.6) is 5.75 Å². The monoisotopic (exact) mass is 237 g/mol. The van der Waals surface area contributed by atoms with Gasteiger partial charge in [-0.15, -0.1) is 0 Å². The molecule has 1 unspecified atom stereocenters. The van der Waals surface area contributed by atoms with E-state index in [1.165, 1.54) is 0 Å². The van der Waals surface area contributed by atoms with Crippen LogP contribution in [0.2, 0.25) is 0 Å². The molecule has 0 radical (unpaired) electrons. The van der Waals surface area contributed by atoms with Crippen LogP contribution in [-0.2, 0) is 9.53 Å². The smallest absolute Gasteiger partial charge is 0.328 e. The number of rotatable bonds is 6. The lowest BCUT2D eigenvalue weighted by Gasteiger charge is -2.14. The third-order valence-electron chi connectivity index (χ3n) is 2.19. The van der Waals surface area contributed by atoms with Crippen LogP contribution >= 0.6 is 0 Å². The lowest BCUT2D eigenvalue weighted by atomic mass is 10.2. The van der Waals surface area contributed by atoms with Crippen molar-refractivity contribution in [2.24, 2.45) is 0 Å². The Hall–Kier alpha value is -1.71. The maximum absolute atomic E-state index is 11.4. The van der Waals surface area contributed by atoms with E-state index in [1.54, 1.807) is 13.8 Å². The summed E-state index contributed by atoms with van der Waals surface area (Å²) in [7, 11) is 0. The fourth-order valence-electron chi connectivity index (χ4n) is 1.39. The Morgan fingerprint density at radius 1 is 1.24 bits per heavy atom. The Kier molecular flexibility index (Phi) is 5.33. The van der Waals surface area contributed by atoms with Crippen molar-refractivity contribution in [1.29, 1.82) is 0 Å². The molecule has 4 nitrogen and oxygen atoms in total. The molecule has 0 aliphatic carbocycles. The minimum absolute atomic E-state index is 0.249. The van der Waals surface area contributed by atoms with Crippen molar-refractivity contribution in [2.75, 3.05) is 18.5 Å². The van der Waals surface area contributed by atoms with E-state index < -0.39 is 0 Å². The minimum atomic E-state index is -0.354. The molecule has 17 heavy (non-hydrogen) atoms. The van der Waals surface area contributed by atoms with Crippen LogP contribution in [0.1, 0.15) is 20.8 Å². The highest BCUT2D eigenvalue weighted by Gasteiger charge is 2.12. The van der Waals surface area contributed by atoms with Crippen molar-refractivity contribution < 1.29 is 14.3 Å². The second-order valence-corrected chi connectivity index (χ2v) is 3.58. The Morgan fingerprint density at radius 3 is 2.41 bits per heavy atom. The van der Waals surface area contributed by atoms with Gasteiger partial charge in [-0.1, -0.05) is 0 Å². The molecule has 0 amide bonds. The quantitative estimate of drug-likeness (QED) is 0.772. The van der Waals surface area contributed by atoms with Crippen molar-refractivity contribution in [3.05, 3.63) is 24.3 Å². The van der Waals surface area contributed by atoms with Crippen LogP contribution in [-0.4, -0.2) is 25.2 Å². The summed E-state index contributed by atoms with van der Waals surface area (Å²) in [4.78, 5) is 11.4. The van der Waals surface area contributed by atoms with Crippen molar-refractivity contribution in [3.63, 3.8) is 0 Å². The molecular weight excluding hydrogens is 218 g/mol. The molecule has 0 bridgehead atoms. The van der Waals surface area contributed by atoms with Crippen molar-refractivity contribution >= 4 is 11.7 Å². The standard InChI is InChI=1S/C13H19NO3/c1-4-16-12-8-6-11(7-9-12)14-10(3)13(15)17-5-2/h6-10,14H,4-5H2,1-3H3. The normalized spacial score (nSPS) is 11.7. The first-order chi connectivity index (χ1) is 8.17. The van der Waals surface area contributed by atoms with Gasteiger partial charge in [0.15, 0.2) is 0 Å². The maximum Gasteiger partial charge on any atom is 0.328 e. The molecule has 0 aliphatic rings. The van der Waals surface area contributed by atoms with E-state index in [2.05, 4.69) is 5.32 Å². The number of hydrogen-bond acceptors (Lipinski definition) is 4. The molecular formula is C13H19NO3. The van der Waals surface area contributed by atoms with Crippen LogP contribution in [0, 0.1) is 0 Å². The predicted molar refractivity (Wildman–Crippen MR) is 67.3 cm³/mol. The van der Waals surface area contributed by atoms with E-state index >= 15 is 0 Å². The maximum atomic E-state index is 11.4. The number of carbonyl (C=O) groups excluding carboxylic acids is 1. The van der Waals surface area contributed by atoms with Gasteiger partial charge in [0, 0.05) is 5.69 Å². The van der Waals surface area contributed by atoms with Gasteiger partial charge >= 0.3 is 5.97 Å². The largest absolute Gasteiger partial charge is 0.494 e. The molecule has 4 heteroatoms. The van der Waals surface area contributed by atoms with Crippen LogP contribution in [0.15, 0.2) is 24.3 Å². The van der Waals surface area contributed by atoms with E-state index in [4.69, 9.17) is 9.47 Å². The van der Waals surface area contributed by atoms with Gasteiger partial charge in [0.1, 0.15) is 11.8 Å². The van der Waals surface area contributed by atoms with E-state index in [-0.39, 0.29) is 12.0 Å². The molecule has 1 N–H and O–H groups in total. The van der Waals surface area contributed by atoms with Crippen molar-refractivity contribution in [2.45, 2.75) is 26.8 Å². The van der Waals surface area contributed by atoms with E-state index in [0.717, 1.165) is 11.4 Å². The third-order valence-corrected chi connectivity index (χ3v) is 2.19. The van der Waals surface area contributed by atoms with Crippen LogP contribution in [0.25, 0.3) is 0 Å². The van der Waals surface area contributed by atoms with Crippen molar-refractivity contribution in [3.8, 4) is 5.75 Å². The van der Waals surface area contributed by atoms with Crippen molar-refractivity contribution in [1.82, 2.24) is 0 Å². The zero-order chi connectivity index (χ0) is 12.7. The van der Waals surface area contributed by atoms with Gasteiger partial charge in [-0.3, -0.25) is 0 Å². The predicted octanol–water partition coefficient (Wildman–Crippen LogP) is 2.45. The molecule has 1 aromatic rings. The van der Waals surface area contributed by atoms with Gasteiger partial charge in [-0.2, -0.15) is 0 Å². The number of benzene rings is 1. The first-order valence-corrected chi connectivity index (χ1v) is 5.83. The fraction of sp³-hybridized carbons (Fsp3) is 0.462. The SMILES string of the molecule is CCOC(=O)C(C)Nc1ccc(OCC)cc1. The molecule has 1 aromatic carbocycles. The number of carbonyl (C=O) groups is 1. The van der Waals surface area contributed by atoms with Gasteiger partial charge in [0.2, 0.25) is 0 Å². The summed E-state index contributed by atoms with van der Waals surface area (Å²) in [6.45, 7) is 6.55. The van der Waals surface area contributed by atoms with Gasteiger partial charge in [0.05, 0.1) is 13.2 Å². The molecule has 0 spiro atoms. The summed E-state index contributed by atoms with van der Waals surface area (Å²) in [6.07, 6.45) is 0. The average molecular weight is 237 g/mol. The Balaban J connectivity index is 2.53. The van der Waals surface area contributed by atoms with Crippen LogP contribution in [0.4, 0.5) is 5.69 Å². The number of hydrogen-bond donors (Lipinski definition) is 1. The van der Waals surface area contributed by atoms with E-state index in [0.29, 0.717) is 13.2 Å². The molecule has 1 atom stereocenters. The number of esters is 1. The molecule has 0 fully saturated rings. The Morgan fingerprint density at radius 2 is 1.88 bits per heavy atom. The first kappa shape index (κ1) is 13.4. The molecule has 0 saturated heterocycles. The van der Waals surface area contributed by atoms with Gasteiger partial charge in [-0.05, 0) is 45.0 Å². The molecule has 0 heterocycles. The highest BCUT2D eigenvalue weighted by molar-refractivity contribution is 5.78. The minimum Gasteiger partial charge on any atom is -0.494 e. The topological polar surface area (TPSA) is 47.6 Å². The average Bonchev–Trinajstić information content (AvgIpc) is 2.32. The Labute approximate surface area is 102 Å². The van der Waals surface area contributed by atoms with Crippen LogP contribution in [0.3, 0.4) is 0 Å². The Bertz CT molecular complexity index is 348. The molecule has 0 saturated carbocycles. The van der Waals surface area contributed by atoms with E-state index in [9.17, 15) is 4.79 Å². The summed E-state index contributed by atoms with van der Waals surface area (Å²) >= 11 is 0. The van der Waals surface area contributed by atoms with Gasteiger partial charge < -0.3 is 14.8 Å². The zero-order valence-electron chi connectivity index (χ0n) is 10.5. The fourth-order valence-corrected chi connectivity index (χ4v) is 1.39. The molecule has 0 aromatic heterocycles. The highest BCUT2D eigenvalue weighted by atomic mass is 16.5. The summed E-state index contributed by atoms with van der Waals surface area (Å²) in [5.74, 6) is 0.572. The molecule has 1 rings (SSSR count). The van der Waals surface area contributed by atoms with Gasteiger partial charge in [0.25, 0.3) is 0 Å². The molecule has 0 aliphatic heterocycles. The van der Waals surface area contributed by atoms with Crippen LogP contribution < -0.4 is 10.1 Å². The number of ether oxygens (including phenoxy) is 2. The highest BCUT2D eigenvalue weighted by Crippen LogP contribution is 2.16. The summed E-state index contributed by atoms with van der Waals surface area (Å²) in [5.41, 5.74) is 0.869. The summed E-state index contributed by atoms with van der Waals surface area (Å²) in [5, 5.41) is 3.07. The second kappa shape index (κ2) is 6.78. The van der Waals surface area contributed by atoms with Gasteiger partial charge in [-0.25, -0.2) is 4.79 Å². The number of nitrogens with one attached hydrogen (secondary N) is 1. The summed E-state index contributed by atoms with van der Waals surface area (Å²) in [6, 6.07) is 7.13. The van der Waals surface area contributed by atoms with E-state index in [1.807, 2.05) is 31.2 Å².